The fourth-order valence-electron chi connectivity index (χ4n) is 2.97. The summed E-state index contributed by atoms with van der Waals surface area (Å²) in [5.74, 6) is 1.60. The molecule has 2 heterocycles. The Morgan fingerprint density at radius 2 is 1.65 bits per heavy atom. The molecular weight excluding hydrogens is 286 g/mol. The molecule has 0 saturated heterocycles. The molecule has 114 valence electrons. The number of hydrogen-bond donors (Lipinski definition) is 0. The minimum absolute atomic E-state index is 0.0129. The van der Waals surface area contributed by atoms with Crippen LogP contribution >= 0.6 is 0 Å². The van der Waals surface area contributed by atoms with Crippen molar-refractivity contribution >= 4 is 11.8 Å². The molecule has 0 bridgehead atoms. The van der Waals surface area contributed by atoms with Crippen LogP contribution in [0.3, 0.4) is 0 Å². The van der Waals surface area contributed by atoms with Gasteiger partial charge in [0.1, 0.15) is 18.3 Å². The lowest BCUT2D eigenvalue weighted by atomic mass is 10.1. The van der Waals surface area contributed by atoms with Gasteiger partial charge in [0.05, 0.1) is 0 Å². The molecule has 4 rings (SSSR count). The zero-order chi connectivity index (χ0) is 15.6. The number of rotatable bonds is 3. The van der Waals surface area contributed by atoms with E-state index in [-0.39, 0.29) is 6.17 Å². The van der Waals surface area contributed by atoms with Crippen molar-refractivity contribution in [1.29, 1.82) is 0 Å². The Kier molecular flexibility index (Phi) is 3.38. The van der Waals surface area contributed by atoms with Crippen LogP contribution in [-0.2, 0) is 6.54 Å². The summed E-state index contributed by atoms with van der Waals surface area (Å²) >= 11 is 0. The fourth-order valence-corrected chi connectivity index (χ4v) is 2.97. The Labute approximate surface area is 134 Å². The van der Waals surface area contributed by atoms with E-state index in [0.29, 0.717) is 5.95 Å². The van der Waals surface area contributed by atoms with E-state index in [2.05, 4.69) is 68.6 Å². The predicted octanol–water partition coefficient (Wildman–Crippen LogP) is 3.39. The van der Waals surface area contributed by atoms with Crippen molar-refractivity contribution in [3.8, 4) is 0 Å². The summed E-state index contributed by atoms with van der Waals surface area (Å²) in [5.41, 5.74) is 2.44. The van der Waals surface area contributed by atoms with E-state index in [1.807, 2.05) is 23.6 Å². The monoisotopic (exact) mass is 303 g/mol. The topological polar surface area (TPSA) is 46.3 Å². The molecule has 1 atom stereocenters. The Balaban J connectivity index is 1.79. The lowest BCUT2D eigenvalue weighted by Crippen LogP contribution is -2.39. The van der Waals surface area contributed by atoms with E-state index >= 15 is 0 Å². The largest absolute Gasteiger partial charge is 0.331 e. The maximum absolute atomic E-state index is 4.59. The smallest absolute Gasteiger partial charge is 0.254 e. The second-order valence-corrected chi connectivity index (χ2v) is 5.60. The van der Waals surface area contributed by atoms with Crippen molar-refractivity contribution in [2.45, 2.75) is 19.6 Å². The first-order valence-corrected chi connectivity index (χ1v) is 7.63. The van der Waals surface area contributed by atoms with Crippen molar-refractivity contribution < 1.29 is 0 Å². The number of amidine groups is 1. The molecule has 0 fully saturated rings. The predicted molar refractivity (Wildman–Crippen MR) is 89.4 cm³/mol. The van der Waals surface area contributed by atoms with Gasteiger partial charge in [0.25, 0.3) is 5.95 Å². The van der Waals surface area contributed by atoms with Crippen LogP contribution in [0.4, 0.5) is 5.95 Å². The molecular formula is C18H17N5. The van der Waals surface area contributed by atoms with Crippen molar-refractivity contribution in [3.63, 3.8) is 0 Å². The Morgan fingerprint density at radius 3 is 2.39 bits per heavy atom. The van der Waals surface area contributed by atoms with Crippen LogP contribution in [0.2, 0.25) is 0 Å². The molecule has 0 amide bonds. The first-order chi connectivity index (χ1) is 11.3. The summed E-state index contributed by atoms with van der Waals surface area (Å²) in [6, 6.07) is 20.8. The lowest BCUT2D eigenvalue weighted by molar-refractivity contribution is 0.261. The van der Waals surface area contributed by atoms with Gasteiger partial charge in [-0.1, -0.05) is 60.7 Å². The van der Waals surface area contributed by atoms with Crippen LogP contribution in [0, 0.1) is 0 Å². The van der Waals surface area contributed by atoms with E-state index in [0.717, 1.165) is 12.4 Å². The third kappa shape index (κ3) is 2.50. The second-order valence-electron chi connectivity index (χ2n) is 5.60. The van der Waals surface area contributed by atoms with Crippen LogP contribution in [0.1, 0.15) is 24.2 Å². The molecule has 23 heavy (non-hydrogen) atoms. The van der Waals surface area contributed by atoms with Gasteiger partial charge < -0.3 is 4.90 Å². The number of aromatic nitrogens is 3. The van der Waals surface area contributed by atoms with E-state index < -0.39 is 0 Å². The molecule has 0 saturated carbocycles. The highest BCUT2D eigenvalue weighted by molar-refractivity contribution is 5.83. The number of fused-ring (bicyclic) bond motifs is 1. The molecule has 0 aliphatic carbocycles. The van der Waals surface area contributed by atoms with Crippen LogP contribution in [0.15, 0.2) is 72.0 Å². The fraction of sp³-hybridized carbons (Fsp3) is 0.167. The molecule has 0 N–H and O–H groups in total. The molecule has 5 nitrogen and oxygen atoms in total. The summed E-state index contributed by atoms with van der Waals surface area (Å²) in [4.78, 5) is 6.87. The Hall–Kier alpha value is -2.95. The van der Waals surface area contributed by atoms with Gasteiger partial charge in [-0.05, 0) is 18.1 Å². The SMILES string of the molecule is CC1=Nc2nncn2C(c2ccccc2)N1Cc1ccccc1. The molecule has 1 aliphatic heterocycles. The first kappa shape index (κ1) is 13.7. The summed E-state index contributed by atoms with van der Waals surface area (Å²) in [6.45, 7) is 2.81. The maximum Gasteiger partial charge on any atom is 0.254 e. The first-order valence-electron chi connectivity index (χ1n) is 7.63. The van der Waals surface area contributed by atoms with Crippen molar-refractivity contribution in [1.82, 2.24) is 19.7 Å². The van der Waals surface area contributed by atoms with E-state index in [9.17, 15) is 0 Å². The third-order valence-electron chi connectivity index (χ3n) is 4.08. The molecule has 0 spiro atoms. The highest BCUT2D eigenvalue weighted by atomic mass is 15.4. The van der Waals surface area contributed by atoms with Crippen LogP contribution in [0.25, 0.3) is 0 Å². The number of nitrogens with zero attached hydrogens (tertiary/aromatic N) is 5. The average molecular weight is 303 g/mol. The van der Waals surface area contributed by atoms with Gasteiger partial charge in [0.2, 0.25) is 0 Å². The minimum atomic E-state index is 0.0129. The van der Waals surface area contributed by atoms with Gasteiger partial charge in [-0.3, -0.25) is 4.57 Å². The molecule has 2 aromatic carbocycles. The lowest BCUT2D eigenvalue weighted by Gasteiger charge is -2.37. The third-order valence-corrected chi connectivity index (χ3v) is 4.08. The molecule has 1 aromatic heterocycles. The molecule has 3 aromatic rings. The average Bonchev–Trinajstić information content (AvgIpc) is 3.05. The Morgan fingerprint density at radius 1 is 0.957 bits per heavy atom. The zero-order valence-corrected chi connectivity index (χ0v) is 12.9. The number of benzene rings is 2. The molecule has 1 unspecified atom stereocenters. The zero-order valence-electron chi connectivity index (χ0n) is 12.9. The minimum Gasteiger partial charge on any atom is -0.331 e. The number of aliphatic imine (C=N–C) groups is 1. The van der Waals surface area contributed by atoms with Gasteiger partial charge in [0.15, 0.2) is 0 Å². The molecule has 5 heteroatoms. The van der Waals surface area contributed by atoms with E-state index in [1.54, 1.807) is 6.33 Å². The normalized spacial score (nSPS) is 16.8. The number of hydrogen-bond acceptors (Lipinski definition) is 4. The quantitative estimate of drug-likeness (QED) is 0.745. The van der Waals surface area contributed by atoms with Gasteiger partial charge in [-0.25, -0.2) is 0 Å². The van der Waals surface area contributed by atoms with E-state index in [4.69, 9.17) is 0 Å². The second kappa shape index (κ2) is 5.68. The van der Waals surface area contributed by atoms with Crippen LogP contribution in [-0.4, -0.2) is 25.5 Å². The van der Waals surface area contributed by atoms with Crippen molar-refractivity contribution in [2.75, 3.05) is 0 Å². The molecule has 0 radical (unpaired) electrons. The van der Waals surface area contributed by atoms with Gasteiger partial charge in [-0.2, -0.15) is 4.99 Å². The van der Waals surface area contributed by atoms with E-state index in [1.165, 1.54) is 11.1 Å². The molecule has 1 aliphatic rings. The maximum atomic E-state index is 4.59. The summed E-state index contributed by atoms with van der Waals surface area (Å²) in [6.07, 6.45) is 1.76. The summed E-state index contributed by atoms with van der Waals surface area (Å²) in [7, 11) is 0. The van der Waals surface area contributed by atoms with Crippen molar-refractivity contribution in [2.24, 2.45) is 4.99 Å². The van der Waals surface area contributed by atoms with Gasteiger partial charge in [-0.15, -0.1) is 10.2 Å². The highest BCUT2D eigenvalue weighted by Crippen LogP contribution is 2.32. The van der Waals surface area contributed by atoms with Crippen LogP contribution < -0.4 is 0 Å². The van der Waals surface area contributed by atoms with Crippen LogP contribution in [0.5, 0.6) is 0 Å². The Bertz CT molecular complexity index is 823. The highest BCUT2D eigenvalue weighted by Gasteiger charge is 2.29. The van der Waals surface area contributed by atoms with Gasteiger partial charge >= 0.3 is 0 Å². The van der Waals surface area contributed by atoms with Gasteiger partial charge in [0, 0.05) is 6.54 Å². The summed E-state index contributed by atoms with van der Waals surface area (Å²) < 4.78 is 2.02. The van der Waals surface area contributed by atoms with Crippen molar-refractivity contribution in [3.05, 3.63) is 78.1 Å². The standard InChI is InChI=1S/C18H17N5/c1-14-20-18-21-19-13-23(18)17(16-10-6-3-7-11-16)22(14)12-15-8-4-2-5-9-15/h2-11,13,17H,12H2,1H3. The summed E-state index contributed by atoms with van der Waals surface area (Å²) in [5, 5.41) is 8.16.